The van der Waals surface area contributed by atoms with Gasteiger partial charge in [0.05, 0.1) is 16.6 Å². The van der Waals surface area contributed by atoms with Gasteiger partial charge in [0.1, 0.15) is 0 Å². The third kappa shape index (κ3) is 3.90. The maximum absolute atomic E-state index is 13.1. The predicted octanol–water partition coefficient (Wildman–Crippen LogP) is 4.70. The number of aryl methyl sites for hydroxylation is 2. The van der Waals surface area contributed by atoms with Crippen LogP contribution in [-0.4, -0.2) is 13.6 Å². The van der Waals surface area contributed by atoms with Crippen molar-refractivity contribution in [1.29, 1.82) is 0 Å². The lowest BCUT2D eigenvalue weighted by atomic mass is 10.0. The predicted molar refractivity (Wildman–Crippen MR) is 104 cm³/mol. The van der Waals surface area contributed by atoms with E-state index < -0.39 is 10.0 Å². The van der Waals surface area contributed by atoms with Crippen LogP contribution in [0.15, 0.2) is 51.2 Å². The molecular weight excluding hydrogens is 368 g/mol. The van der Waals surface area contributed by atoms with Crippen LogP contribution in [0.4, 0.5) is 0 Å². The summed E-state index contributed by atoms with van der Waals surface area (Å²) in [5.41, 5.74) is 2.13. The van der Waals surface area contributed by atoms with Gasteiger partial charge in [-0.25, -0.2) is 13.1 Å². The van der Waals surface area contributed by atoms with Gasteiger partial charge in [-0.05, 0) is 42.8 Å². The largest absolute Gasteiger partial charge is 0.356 e. The Morgan fingerprint density at radius 1 is 1.15 bits per heavy atom. The molecule has 26 heavy (non-hydrogen) atoms. The average Bonchev–Trinajstić information content (AvgIpc) is 3.24. The lowest BCUT2D eigenvalue weighted by Crippen LogP contribution is -2.31. The van der Waals surface area contributed by atoms with Gasteiger partial charge in [0.15, 0.2) is 5.76 Å². The molecule has 138 valence electrons. The highest BCUT2D eigenvalue weighted by Crippen LogP contribution is 2.30. The molecule has 3 rings (SSSR count). The van der Waals surface area contributed by atoms with Crippen molar-refractivity contribution in [1.82, 2.24) is 9.88 Å². The second kappa shape index (κ2) is 7.34. The Morgan fingerprint density at radius 3 is 2.50 bits per heavy atom. The molecule has 0 aliphatic heterocycles. The van der Waals surface area contributed by atoms with E-state index in [1.807, 2.05) is 44.4 Å². The molecule has 1 atom stereocenters. The molecule has 0 saturated heterocycles. The van der Waals surface area contributed by atoms with Gasteiger partial charge in [-0.3, -0.25) is 0 Å². The minimum absolute atomic E-state index is 0.129. The molecule has 0 saturated carbocycles. The van der Waals surface area contributed by atoms with Crippen LogP contribution in [0.25, 0.3) is 11.3 Å². The summed E-state index contributed by atoms with van der Waals surface area (Å²) in [6, 6.07) is 10.7. The zero-order valence-corrected chi connectivity index (χ0v) is 16.8. The quantitative estimate of drug-likeness (QED) is 0.662. The van der Waals surface area contributed by atoms with E-state index in [2.05, 4.69) is 9.88 Å². The Bertz CT molecular complexity index is 990. The average molecular weight is 391 g/mol. The first-order valence-corrected chi connectivity index (χ1v) is 10.7. The number of thiophene rings is 1. The van der Waals surface area contributed by atoms with Crippen molar-refractivity contribution in [3.05, 3.63) is 57.9 Å². The highest BCUT2D eigenvalue weighted by atomic mass is 32.2. The van der Waals surface area contributed by atoms with Gasteiger partial charge in [-0.15, -0.1) is 11.3 Å². The third-order valence-corrected chi connectivity index (χ3v) is 6.73. The molecule has 0 unspecified atom stereocenters. The minimum atomic E-state index is -3.69. The van der Waals surface area contributed by atoms with Crippen LogP contribution in [0.5, 0.6) is 0 Å². The molecule has 5 nitrogen and oxygen atoms in total. The number of hydrogen-bond donors (Lipinski definition) is 1. The summed E-state index contributed by atoms with van der Waals surface area (Å²) < 4.78 is 34.3. The first-order chi connectivity index (χ1) is 12.3. The summed E-state index contributed by atoms with van der Waals surface area (Å²) in [7, 11) is -3.69. The molecular formula is C19H22N2O3S2. The van der Waals surface area contributed by atoms with Crippen molar-refractivity contribution < 1.29 is 12.9 Å². The standard InChI is InChI=1S/C19H22N2O3S2/c1-12(2)19(17-6-5-9-25-17)21-26(22,23)18-11-15(8-7-13(18)3)16-10-14(4)20-24-16/h5-12,19,21H,1-4H3/t19-/m1/s1. The molecule has 0 amide bonds. The highest BCUT2D eigenvalue weighted by molar-refractivity contribution is 7.89. The normalized spacial score (nSPS) is 13.3. The molecule has 7 heteroatoms. The van der Waals surface area contributed by atoms with Crippen LogP contribution in [0.1, 0.15) is 36.0 Å². The van der Waals surface area contributed by atoms with Crippen molar-refractivity contribution >= 4 is 21.4 Å². The molecule has 0 radical (unpaired) electrons. The van der Waals surface area contributed by atoms with Crippen molar-refractivity contribution in [2.45, 2.75) is 38.6 Å². The summed E-state index contributed by atoms with van der Waals surface area (Å²) in [5, 5.41) is 5.83. The third-order valence-electron chi connectivity index (χ3n) is 4.19. The van der Waals surface area contributed by atoms with Gasteiger partial charge in [-0.1, -0.05) is 37.2 Å². The Hall–Kier alpha value is -1.96. The number of benzene rings is 1. The van der Waals surface area contributed by atoms with Crippen LogP contribution in [0, 0.1) is 19.8 Å². The fraction of sp³-hybridized carbons (Fsp3) is 0.316. The molecule has 0 bridgehead atoms. The minimum Gasteiger partial charge on any atom is -0.356 e. The molecule has 2 heterocycles. The summed E-state index contributed by atoms with van der Waals surface area (Å²) in [5.74, 6) is 0.682. The fourth-order valence-electron chi connectivity index (χ4n) is 2.76. The maximum Gasteiger partial charge on any atom is 0.241 e. The molecule has 3 aromatic rings. The second-order valence-electron chi connectivity index (χ2n) is 6.67. The monoisotopic (exact) mass is 390 g/mol. The van der Waals surface area contributed by atoms with Crippen LogP contribution in [0.3, 0.4) is 0 Å². The van der Waals surface area contributed by atoms with E-state index in [1.54, 1.807) is 36.5 Å². The number of rotatable bonds is 6. The number of nitrogens with one attached hydrogen (secondary N) is 1. The maximum atomic E-state index is 13.1. The Kier molecular flexibility index (Phi) is 5.32. The van der Waals surface area contributed by atoms with Crippen molar-refractivity contribution in [3.63, 3.8) is 0 Å². The molecule has 0 spiro atoms. The number of sulfonamides is 1. The smallest absolute Gasteiger partial charge is 0.241 e. The van der Waals surface area contributed by atoms with Crippen molar-refractivity contribution in [3.8, 4) is 11.3 Å². The van der Waals surface area contributed by atoms with Crippen LogP contribution < -0.4 is 4.72 Å². The van der Waals surface area contributed by atoms with Gasteiger partial charge in [0.25, 0.3) is 0 Å². The zero-order valence-electron chi connectivity index (χ0n) is 15.2. The molecule has 0 aliphatic rings. The van der Waals surface area contributed by atoms with E-state index in [9.17, 15) is 8.42 Å². The first-order valence-electron chi connectivity index (χ1n) is 8.38. The SMILES string of the molecule is Cc1cc(-c2ccc(C)c(S(=O)(=O)N[C@@H](c3cccs3)C(C)C)c2)on1. The summed E-state index contributed by atoms with van der Waals surface area (Å²) in [6.07, 6.45) is 0. The molecule has 1 N–H and O–H groups in total. The van der Waals surface area contributed by atoms with Crippen LogP contribution >= 0.6 is 11.3 Å². The number of hydrogen-bond acceptors (Lipinski definition) is 5. The van der Waals surface area contributed by atoms with E-state index in [1.165, 1.54) is 0 Å². The van der Waals surface area contributed by atoms with Crippen molar-refractivity contribution in [2.75, 3.05) is 0 Å². The Labute approximate surface area is 158 Å². The second-order valence-corrected chi connectivity index (χ2v) is 9.33. The van der Waals surface area contributed by atoms with E-state index in [0.29, 0.717) is 16.9 Å². The van der Waals surface area contributed by atoms with E-state index in [0.717, 1.165) is 10.6 Å². The van der Waals surface area contributed by atoms with Gasteiger partial charge >= 0.3 is 0 Å². The number of nitrogens with zero attached hydrogens (tertiary/aromatic N) is 1. The van der Waals surface area contributed by atoms with Crippen LogP contribution in [-0.2, 0) is 10.0 Å². The van der Waals surface area contributed by atoms with Gasteiger partial charge in [0, 0.05) is 16.5 Å². The van der Waals surface area contributed by atoms with Crippen LogP contribution in [0.2, 0.25) is 0 Å². The molecule has 0 fully saturated rings. The lowest BCUT2D eigenvalue weighted by molar-refractivity contribution is 0.427. The summed E-state index contributed by atoms with van der Waals surface area (Å²) >= 11 is 1.55. The number of aromatic nitrogens is 1. The molecule has 1 aromatic carbocycles. The van der Waals surface area contributed by atoms with E-state index in [-0.39, 0.29) is 16.9 Å². The Morgan fingerprint density at radius 2 is 1.92 bits per heavy atom. The van der Waals surface area contributed by atoms with Gasteiger partial charge < -0.3 is 4.52 Å². The highest BCUT2D eigenvalue weighted by Gasteiger charge is 2.26. The van der Waals surface area contributed by atoms with Gasteiger partial charge in [-0.2, -0.15) is 0 Å². The van der Waals surface area contributed by atoms with Gasteiger partial charge in [0.2, 0.25) is 10.0 Å². The van der Waals surface area contributed by atoms with E-state index in [4.69, 9.17) is 4.52 Å². The Balaban J connectivity index is 1.98. The summed E-state index contributed by atoms with van der Waals surface area (Å²) in [4.78, 5) is 1.26. The van der Waals surface area contributed by atoms with Crippen molar-refractivity contribution in [2.24, 2.45) is 5.92 Å². The fourth-order valence-corrected chi connectivity index (χ4v) is 5.42. The lowest BCUT2D eigenvalue weighted by Gasteiger charge is -2.22. The molecule has 0 aliphatic carbocycles. The zero-order chi connectivity index (χ0) is 18.9. The summed E-state index contributed by atoms with van der Waals surface area (Å²) in [6.45, 7) is 7.63. The molecule has 2 aromatic heterocycles. The topological polar surface area (TPSA) is 72.2 Å². The van der Waals surface area contributed by atoms with E-state index >= 15 is 0 Å². The first kappa shape index (κ1) is 18.8.